The van der Waals surface area contributed by atoms with Gasteiger partial charge in [0.05, 0.1) is 19.3 Å². The Morgan fingerprint density at radius 3 is 3.00 bits per heavy atom. The molecule has 1 amide bonds. The zero-order chi connectivity index (χ0) is 16.9. The van der Waals surface area contributed by atoms with Gasteiger partial charge >= 0.3 is 0 Å². The van der Waals surface area contributed by atoms with Crippen LogP contribution in [0.15, 0.2) is 30.6 Å². The molecule has 1 aromatic heterocycles. The minimum Gasteiger partial charge on any atom is -0.454 e. The summed E-state index contributed by atoms with van der Waals surface area (Å²) in [5.41, 5.74) is 2.11. The van der Waals surface area contributed by atoms with Crippen molar-refractivity contribution in [1.82, 2.24) is 20.4 Å². The number of benzene rings is 1. The van der Waals surface area contributed by atoms with Crippen molar-refractivity contribution in [3.8, 4) is 11.5 Å². The van der Waals surface area contributed by atoms with Gasteiger partial charge < -0.3 is 20.1 Å². The van der Waals surface area contributed by atoms with Crippen molar-refractivity contribution in [1.29, 1.82) is 0 Å². The molecule has 0 unspecified atom stereocenters. The summed E-state index contributed by atoms with van der Waals surface area (Å²) in [4.78, 5) is 12.0. The van der Waals surface area contributed by atoms with Gasteiger partial charge in [0.25, 0.3) is 0 Å². The zero-order valence-corrected chi connectivity index (χ0v) is 13.9. The molecule has 1 aliphatic heterocycles. The molecule has 0 aliphatic carbocycles. The second-order valence-electron chi connectivity index (χ2n) is 5.99. The van der Waals surface area contributed by atoms with E-state index in [1.807, 2.05) is 49.1 Å². The third kappa shape index (κ3) is 4.26. The summed E-state index contributed by atoms with van der Waals surface area (Å²) in [6.07, 6.45) is 3.81. The molecule has 1 aromatic carbocycles. The second-order valence-corrected chi connectivity index (χ2v) is 5.99. The monoisotopic (exact) mass is 330 g/mol. The third-order valence-electron chi connectivity index (χ3n) is 3.76. The van der Waals surface area contributed by atoms with E-state index in [0.717, 1.165) is 29.2 Å². The highest BCUT2D eigenvalue weighted by Crippen LogP contribution is 2.32. The van der Waals surface area contributed by atoms with Crippen LogP contribution in [0, 0.1) is 6.92 Å². The molecular weight excluding hydrogens is 308 g/mol. The largest absolute Gasteiger partial charge is 0.454 e. The second kappa shape index (κ2) is 7.35. The molecule has 24 heavy (non-hydrogen) atoms. The van der Waals surface area contributed by atoms with Crippen molar-refractivity contribution < 1.29 is 14.3 Å². The molecule has 0 saturated heterocycles. The Hall–Kier alpha value is -2.54. The van der Waals surface area contributed by atoms with Crippen molar-refractivity contribution in [2.75, 3.05) is 13.3 Å². The molecule has 1 atom stereocenters. The maximum atomic E-state index is 12.0. The molecule has 2 heterocycles. The van der Waals surface area contributed by atoms with Crippen LogP contribution in [0.25, 0.3) is 0 Å². The molecule has 0 radical (unpaired) electrons. The molecule has 0 bridgehead atoms. The van der Waals surface area contributed by atoms with Gasteiger partial charge in [-0.05, 0) is 37.1 Å². The van der Waals surface area contributed by atoms with Gasteiger partial charge in [-0.15, -0.1) is 0 Å². The number of amides is 1. The Morgan fingerprint density at radius 1 is 1.38 bits per heavy atom. The summed E-state index contributed by atoms with van der Waals surface area (Å²) in [5.74, 6) is 1.42. The molecule has 0 spiro atoms. The minimum atomic E-state index is -0.0452. The molecule has 0 saturated carbocycles. The lowest BCUT2D eigenvalue weighted by Gasteiger charge is -2.14. The summed E-state index contributed by atoms with van der Waals surface area (Å²) in [7, 11) is 0. The number of nitrogens with one attached hydrogen (secondary N) is 2. The van der Waals surface area contributed by atoms with Gasteiger partial charge in [-0.1, -0.05) is 6.07 Å². The summed E-state index contributed by atoms with van der Waals surface area (Å²) in [5, 5.41) is 10.3. The normalized spacial score (nSPS) is 13.8. The van der Waals surface area contributed by atoms with Gasteiger partial charge in [0.2, 0.25) is 12.7 Å². The standard InChI is InChI=1S/C17H22N4O3/c1-12-6-20-21(9-12)10-13(2)18-8-17(22)19-7-14-3-4-15-16(5-14)24-11-23-15/h3-6,9,13,18H,7-8,10-11H2,1-2H3,(H,19,22)/t13-/m0/s1. The predicted octanol–water partition coefficient (Wildman–Crippen LogP) is 1.21. The van der Waals surface area contributed by atoms with E-state index in [9.17, 15) is 4.79 Å². The van der Waals surface area contributed by atoms with Crippen LogP contribution in [0.5, 0.6) is 11.5 Å². The Balaban J connectivity index is 1.39. The van der Waals surface area contributed by atoms with Gasteiger partial charge in [0.15, 0.2) is 11.5 Å². The Labute approximate surface area is 140 Å². The summed E-state index contributed by atoms with van der Waals surface area (Å²) >= 11 is 0. The van der Waals surface area contributed by atoms with Gasteiger partial charge in [-0.2, -0.15) is 5.10 Å². The molecule has 7 nitrogen and oxygen atoms in total. The van der Waals surface area contributed by atoms with Gasteiger partial charge in [0, 0.05) is 18.8 Å². The average Bonchev–Trinajstić information content (AvgIpc) is 3.19. The van der Waals surface area contributed by atoms with E-state index in [-0.39, 0.29) is 25.3 Å². The smallest absolute Gasteiger partial charge is 0.234 e. The lowest BCUT2D eigenvalue weighted by Crippen LogP contribution is -2.39. The van der Waals surface area contributed by atoms with E-state index in [2.05, 4.69) is 15.7 Å². The Morgan fingerprint density at radius 2 is 2.21 bits per heavy atom. The number of nitrogens with zero attached hydrogens (tertiary/aromatic N) is 2. The van der Waals surface area contributed by atoms with E-state index in [1.54, 1.807) is 0 Å². The predicted molar refractivity (Wildman–Crippen MR) is 88.8 cm³/mol. The van der Waals surface area contributed by atoms with Gasteiger partial charge in [0.1, 0.15) is 0 Å². The number of hydrogen-bond acceptors (Lipinski definition) is 5. The molecule has 0 fully saturated rings. The molecule has 1 aliphatic rings. The highest BCUT2D eigenvalue weighted by atomic mass is 16.7. The van der Waals surface area contributed by atoms with E-state index in [1.165, 1.54) is 0 Å². The van der Waals surface area contributed by atoms with Crippen LogP contribution in [0.1, 0.15) is 18.1 Å². The van der Waals surface area contributed by atoms with Crippen molar-refractivity contribution in [3.05, 3.63) is 41.7 Å². The van der Waals surface area contributed by atoms with Crippen LogP contribution in [0.4, 0.5) is 0 Å². The number of aryl methyl sites for hydroxylation is 1. The number of rotatable bonds is 7. The highest BCUT2D eigenvalue weighted by molar-refractivity contribution is 5.78. The van der Waals surface area contributed by atoms with E-state index in [4.69, 9.17) is 9.47 Å². The average molecular weight is 330 g/mol. The van der Waals surface area contributed by atoms with Crippen LogP contribution in [0.2, 0.25) is 0 Å². The van der Waals surface area contributed by atoms with Crippen LogP contribution >= 0.6 is 0 Å². The van der Waals surface area contributed by atoms with Crippen molar-refractivity contribution >= 4 is 5.91 Å². The van der Waals surface area contributed by atoms with Crippen LogP contribution < -0.4 is 20.1 Å². The Bertz CT molecular complexity index is 714. The van der Waals surface area contributed by atoms with Crippen LogP contribution in [-0.2, 0) is 17.9 Å². The number of fused-ring (bicyclic) bond motifs is 1. The van der Waals surface area contributed by atoms with Crippen molar-refractivity contribution in [2.24, 2.45) is 0 Å². The summed E-state index contributed by atoms with van der Waals surface area (Å²) in [6, 6.07) is 5.82. The number of ether oxygens (including phenoxy) is 2. The first kappa shape index (κ1) is 16.3. The number of hydrogen-bond donors (Lipinski definition) is 2. The van der Waals surface area contributed by atoms with E-state index >= 15 is 0 Å². The lowest BCUT2D eigenvalue weighted by atomic mass is 10.2. The van der Waals surface area contributed by atoms with E-state index in [0.29, 0.717) is 6.54 Å². The first-order valence-electron chi connectivity index (χ1n) is 7.98. The molecule has 3 rings (SSSR count). The van der Waals surface area contributed by atoms with Gasteiger partial charge in [-0.3, -0.25) is 9.48 Å². The number of aromatic nitrogens is 2. The fourth-order valence-electron chi connectivity index (χ4n) is 2.49. The minimum absolute atomic E-state index is 0.0452. The lowest BCUT2D eigenvalue weighted by molar-refractivity contribution is -0.120. The molecule has 7 heteroatoms. The maximum Gasteiger partial charge on any atom is 0.234 e. The van der Waals surface area contributed by atoms with Crippen LogP contribution in [-0.4, -0.2) is 35.1 Å². The van der Waals surface area contributed by atoms with Gasteiger partial charge in [-0.25, -0.2) is 0 Å². The zero-order valence-electron chi connectivity index (χ0n) is 13.9. The summed E-state index contributed by atoms with van der Waals surface area (Å²) in [6.45, 7) is 5.75. The highest BCUT2D eigenvalue weighted by Gasteiger charge is 2.13. The maximum absolute atomic E-state index is 12.0. The SMILES string of the molecule is Cc1cnn(C[C@H](C)NCC(=O)NCc2ccc3c(c2)OCO3)c1. The molecule has 2 aromatic rings. The molecule has 2 N–H and O–H groups in total. The van der Waals surface area contributed by atoms with Crippen LogP contribution in [0.3, 0.4) is 0 Å². The molecular formula is C17H22N4O3. The third-order valence-corrected chi connectivity index (χ3v) is 3.76. The first-order chi connectivity index (χ1) is 11.6. The number of carbonyl (C=O) groups is 1. The van der Waals surface area contributed by atoms with E-state index < -0.39 is 0 Å². The summed E-state index contributed by atoms with van der Waals surface area (Å²) < 4.78 is 12.5. The van der Waals surface area contributed by atoms with Crippen molar-refractivity contribution in [3.63, 3.8) is 0 Å². The quantitative estimate of drug-likeness (QED) is 0.798. The molecule has 128 valence electrons. The topological polar surface area (TPSA) is 77.4 Å². The first-order valence-corrected chi connectivity index (χ1v) is 7.98. The Kier molecular flexibility index (Phi) is 5.00. The fourth-order valence-corrected chi connectivity index (χ4v) is 2.49. The fraction of sp³-hybridized carbons (Fsp3) is 0.412. The van der Waals surface area contributed by atoms with Crippen molar-refractivity contribution in [2.45, 2.75) is 33.0 Å². The number of carbonyl (C=O) groups excluding carboxylic acids is 1.